The first kappa shape index (κ1) is 14.1. The van der Waals surface area contributed by atoms with Gasteiger partial charge in [-0.25, -0.2) is 4.98 Å². The zero-order chi connectivity index (χ0) is 14.0. The molecule has 2 aromatic heterocycles. The van der Waals surface area contributed by atoms with Crippen molar-refractivity contribution in [2.75, 3.05) is 11.9 Å². The molecular formula is C11H9ClF3N3S. The monoisotopic (exact) mass is 307 g/mol. The van der Waals surface area contributed by atoms with Crippen molar-refractivity contribution in [3.63, 3.8) is 0 Å². The number of hydrogen-bond donors (Lipinski definition) is 1. The molecule has 0 spiro atoms. The third-order valence-corrected chi connectivity index (χ3v) is 3.33. The van der Waals surface area contributed by atoms with Gasteiger partial charge >= 0.3 is 6.18 Å². The number of rotatable bonds is 3. The highest BCUT2D eigenvalue weighted by Gasteiger charge is 2.31. The summed E-state index contributed by atoms with van der Waals surface area (Å²) in [7, 11) is 0. The van der Waals surface area contributed by atoms with E-state index >= 15 is 0 Å². The van der Waals surface area contributed by atoms with E-state index in [-0.39, 0.29) is 10.7 Å². The van der Waals surface area contributed by atoms with Gasteiger partial charge in [0.05, 0.1) is 10.6 Å². The fraction of sp³-hybridized carbons (Fsp3) is 0.273. The molecule has 0 saturated heterocycles. The molecule has 8 heteroatoms. The number of halogens is 4. The summed E-state index contributed by atoms with van der Waals surface area (Å²) in [5.74, 6) is 0. The molecule has 0 atom stereocenters. The Morgan fingerprint density at radius 1 is 1.42 bits per heavy atom. The van der Waals surface area contributed by atoms with Crippen LogP contribution in [0.3, 0.4) is 0 Å². The lowest BCUT2D eigenvalue weighted by atomic mass is 10.2. The Hall–Kier alpha value is -1.34. The van der Waals surface area contributed by atoms with Crippen LogP contribution in [0.1, 0.15) is 12.5 Å². The average molecular weight is 308 g/mol. The van der Waals surface area contributed by atoms with Crippen LogP contribution < -0.4 is 5.32 Å². The summed E-state index contributed by atoms with van der Waals surface area (Å²) in [5, 5.41) is 5.31. The Morgan fingerprint density at radius 2 is 2.16 bits per heavy atom. The summed E-state index contributed by atoms with van der Waals surface area (Å²) < 4.78 is 37.5. The molecule has 1 N–H and O–H groups in total. The summed E-state index contributed by atoms with van der Waals surface area (Å²) in [5.41, 5.74) is -0.168. The number of aromatic nitrogens is 2. The first-order valence-corrected chi connectivity index (χ1v) is 6.60. The molecule has 0 unspecified atom stereocenters. The van der Waals surface area contributed by atoms with Crippen molar-refractivity contribution in [1.82, 2.24) is 9.97 Å². The van der Waals surface area contributed by atoms with Crippen molar-refractivity contribution in [1.29, 1.82) is 0 Å². The van der Waals surface area contributed by atoms with Gasteiger partial charge in [0.2, 0.25) is 0 Å². The van der Waals surface area contributed by atoms with Crippen LogP contribution in [0.5, 0.6) is 0 Å². The highest BCUT2D eigenvalue weighted by Crippen LogP contribution is 2.34. The first-order valence-electron chi connectivity index (χ1n) is 5.34. The van der Waals surface area contributed by atoms with Gasteiger partial charge < -0.3 is 5.32 Å². The Morgan fingerprint density at radius 3 is 2.74 bits per heavy atom. The molecule has 0 aliphatic heterocycles. The minimum absolute atomic E-state index is 0.0665. The van der Waals surface area contributed by atoms with E-state index in [2.05, 4.69) is 15.3 Å². The van der Waals surface area contributed by atoms with E-state index in [4.69, 9.17) is 11.6 Å². The zero-order valence-corrected chi connectivity index (χ0v) is 11.3. The summed E-state index contributed by atoms with van der Waals surface area (Å²) in [6.07, 6.45) is -3.69. The van der Waals surface area contributed by atoms with Gasteiger partial charge in [-0.15, -0.1) is 11.3 Å². The van der Waals surface area contributed by atoms with E-state index < -0.39 is 11.7 Å². The maximum absolute atomic E-state index is 12.5. The predicted octanol–water partition coefficient (Wildman–Crippen LogP) is 4.31. The lowest BCUT2D eigenvalue weighted by molar-refractivity contribution is -0.137. The van der Waals surface area contributed by atoms with Gasteiger partial charge in [-0.2, -0.15) is 13.2 Å². The minimum Gasteiger partial charge on any atom is -0.362 e. The molecule has 0 amide bonds. The van der Waals surface area contributed by atoms with Crippen LogP contribution in [-0.4, -0.2) is 16.5 Å². The van der Waals surface area contributed by atoms with Crippen LogP contribution in [0.2, 0.25) is 5.02 Å². The number of pyridine rings is 1. The average Bonchev–Trinajstić information content (AvgIpc) is 2.76. The molecule has 102 valence electrons. The molecule has 19 heavy (non-hydrogen) atoms. The smallest absolute Gasteiger partial charge is 0.362 e. The highest BCUT2D eigenvalue weighted by atomic mass is 35.5. The van der Waals surface area contributed by atoms with Gasteiger partial charge in [-0.05, 0) is 13.0 Å². The minimum atomic E-state index is -4.45. The quantitative estimate of drug-likeness (QED) is 0.918. The van der Waals surface area contributed by atoms with Crippen LogP contribution in [0.25, 0.3) is 11.4 Å². The molecule has 0 fully saturated rings. The summed E-state index contributed by atoms with van der Waals surface area (Å²) in [6, 6.07) is 0.857. The highest BCUT2D eigenvalue weighted by molar-refractivity contribution is 7.14. The number of alkyl halides is 3. The van der Waals surface area contributed by atoms with Gasteiger partial charge in [0.25, 0.3) is 0 Å². The maximum atomic E-state index is 12.5. The molecular weight excluding hydrogens is 299 g/mol. The third-order valence-electron chi connectivity index (χ3n) is 2.24. The van der Waals surface area contributed by atoms with Crippen LogP contribution in [-0.2, 0) is 6.18 Å². The van der Waals surface area contributed by atoms with E-state index in [0.717, 1.165) is 12.3 Å². The maximum Gasteiger partial charge on any atom is 0.417 e. The Labute approximate surface area is 116 Å². The Bertz CT molecular complexity index is 583. The molecule has 2 heterocycles. The van der Waals surface area contributed by atoms with E-state index in [1.54, 1.807) is 5.38 Å². The normalized spacial score (nSPS) is 11.6. The number of nitrogens with zero attached hydrogens (tertiary/aromatic N) is 2. The largest absolute Gasteiger partial charge is 0.417 e. The second kappa shape index (κ2) is 5.34. The SMILES string of the molecule is CCNc1nc(-c2ncc(C(F)(F)F)cc2Cl)cs1. The summed E-state index contributed by atoms with van der Waals surface area (Å²) in [4.78, 5) is 7.95. The fourth-order valence-electron chi connectivity index (χ4n) is 1.40. The second-order valence-corrected chi connectivity index (χ2v) is 4.89. The molecule has 0 aromatic carbocycles. The number of nitrogens with one attached hydrogen (secondary N) is 1. The van der Waals surface area contributed by atoms with Gasteiger partial charge in [0, 0.05) is 18.1 Å². The zero-order valence-electron chi connectivity index (χ0n) is 9.75. The molecule has 0 saturated carbocycles. The van der Waals surface area contributed by atoms with Gasteiger partial charge in [-0.3, -0.25) is 4.98 Å². The van der Waals surface area contributed by atoms with Crippen LogP contribution in [0.4, 0.5) is 18.3 Å². The van der Waals surface area contributed by atoms with Gasteiger partial charge in [-0.1, -0.05) is 11.6 Å². The van der Waals surface area contributed by atoms with Crippen molar-refractivity contribution >= 4 is 28.1 Å². The number of hydrogen-bond acceptors (Lipinski definition) is 4. The lowest BCUT2D eigenvalue weighted by Gasteiger charge is -2.07. The Balaban J connectivity index is 2.35. The molecule has 2 aromatic rings. The van der Waals surface area contributed by atoms with E-state index in [1.165, 1.54) is 11.3 Å². The van der Waals surface area contributed by atoms with Crippen molar-refractivity contribution in [2.24, 2.45) is 0 Å². The van der Waals surface area contributed by atoms with Crippen molar-refractivity contribution in [2.45, 2.75) is 13.1 Å². The van der Waals surface area contributed by atoms with Gasteiger partial charge in [0.1, 0.15) is 11.4 Å². The molecule has 0 bridgehead atoms. The topological polar surface area (TPSA) is 37.8 Å². The van der Waals surface area contributed by atoms with E-state index in [0.29, 0.717) is 17.4 Å². The van der Waals surface area contributed by atoms with Crippen molar-refractivity contribution < 1.29 is 13.2 Å². The third kappa shape index (κ3) is 3.16. The molecule has 3 nitrogen and oxygen atoms in total. The lowest BCUT2D eigenvalue weighted by Crippen LogP contribution is -2.05. The van der Waals surface area contributed by atoms with Crippen LogP contribution in [0.15, 0.2) is 17.6 Å². The fourth-order valence-corrected chi connectivity index (χ4v) is 2.43. The number of anilines is 1. The number of thiazole rings is 1. The Kier molecular flexibility index (Phi) is 3.96. The molecule has 0 aliphatic carbocycles. The molecule has 2 rings (SSSR count). The second-order valence-electron chi connectivity index (χ2n) is 3.62. The van der Waals surface area contributed by atoms with Crippen LogP contribution >= 0.6 is 22.9 Å². The molecule has 0 radical (unpaired) electrons. The molecule has 0 aliphatic rings. The summed E-state index contributed by atoms with van der Waals surface area (Å²) >= 11 is 7.18. The first-order chi connectivity index (χ1) is 8.91. The van der Waals surface area contributed by atoms with E-state index in [9.17, 15) is 13.2 Å². The predicted molar refractivity (Wildman–Crippen MR) is 69.5 cm³/mol. The van der Waals surface area contributed by atoms with Crippen LogP contribution in [0, 0.1) is 0 Å². The summed E-state index contributed by atoms with van der Waals surface area (Å²) in [6.45, 7) is 2.63. The van der Waals surface area contributed by atoms with Gasteiger partial charge in [0.15, 0.2) is 5.13 Å². The van der Waals surface area contributed by atoms with E-state index in [1.807, 2.05) is 6.92 Å². The standard InChI is InChI=1S/C11H9ClF3N3S/c1-2-16-10-18-8(5-19-10)9-7(12)3-6(4-17-9)11(13,14)15/h3-5H,2H2,1H3,(H,16,18). The van der Waals surface area contributed by atoms with Crippen molar-refractivity contribution in [3.8, 4) is 11.4 Å². The van der Waals surface area contributed by atoms with Crippen molar-refractivity contribution in [3.05, 3.63) is 28.2 Å².